The molecule has 0 bridgehead atoms. The summed E-state index contributed by atoms with van der Waals surface area (Å²) in [6.45, 7) is 0.250. The molecule has 0 spiro atoms. The lowest BCUT2D eigenvalue weighted by atomic mass is 10.1. The third-order valence-electron chi connectivity index (χ3n) is 1.83. The van der Waals surface area contributed by atoms with Crippen molar-refractivity contribution >= 4 is 51.8 Å². The molecule has 0 atom stereocenters. The van der Waals surface area contributed by atoms with E-state index in [1.54, 1.807) is 6.07 Å². The Bertz CT molecular complexity index is 404. The lowest BCUT2D eigenvalue weighted by Gasteiger charge is -2.02. The van der Waals surface area contributed by atoms with Gasteiger partial charge >= 0.3 is 5.97 Å². The van der Waals surface area contributed by atoms with Gasteiger partial charge in [-0.15, -0.1) is 0 Å². The molecule has 2 nitrogen and oxygen atoms in total. The van der Waals surface area contributed by atoms with Crippen molar-refractivity contribution in [2.45, 2.75) is 6.61 Å². The number of carbonyl (C=O) groups excluding carboxylic acids is 1. The second kappa shape index (κ2) is 3.29. The number of halogens is 3. The molecule has 1 aromatic rings. The van der Waals surface area contributed by atoms with E-state index < -0.39 is 0 Å². The molecule has 2 rings (SSSR count). The predicted molar refractivity (Wildman–Crippen MR) is 58.3 cm³/mol. The van der Waals surface area contributed by atoms with Crippen LogP contribution in [0.15, 0.2) is 6.07 Å². The largest absolute Gasteiger partial charge is 0.457 e. The van der Waals surface area contributed by atoms with Crippen molar-refractivity contribution < 1.29 is 9.53 Å². The van der Waals surface area contributed by atoms with Crippen LogP contribution in [0.25, 0.3) is 0 Å². The third-order valence-corrected chi connectivity index (χ3v) is 4.30. The maximum absolute atomic E-state index is 11.1. The van der Waals surface area contributed by atoms with Gasteiger partial charge in [-0.3, -0.25) is 0 Å². The van der Waals surface area contributed by atoms with Gasteiger partial charge in [0.2, 0.25) is 0 Å². The molecule has 0 aliphatic carbocycles. The van der Waals surface area contributed by atoms with E-state index in [4.69, 9.17) is 27.9 Å². The average Bonchev–Trinajstić information content (AvgIpc) is 2.45. The molecule has 1 heterocycles. The van der Waals surface area contributed by atoms with Crippen molar-refractivity contribution in [3.63, 3.8) is 0 Å². The highest BCUT2D eigenvalue weighted by molar-refractivity contribution is 14.1. The van der Waals surface area contributed by atoms with E-state index in [0.29, 0.717) is 15.6 Å². The molecule has 0 radical (unpaired) electrons. The van der Waals surface area contributed by atoms with E-state index in [1.807, 2.05) is 22.6 Å². The number of hydrogen-bond donors (Lipinski definition) is 0. The van der Waals surface area contributed by atoms with Crippen molar-refractivity contribution in [3.8, 4) is 0 Å². The maximum atomic E-state index is 11.1. The zero-order chi connectivity index (χ0) is 9.59. The van der Waals surface area contributed by atoms with Crippen LogP contribution in [-0.2, 0) is 11.3 Å². The van der Waals surface area contributed by atoms with E-state index in [0.717, 1.165) is 9.13 Å². The Balaban J connectivity index is 2.74. The number of benzene rings is 1. The van der Waals surface area contributed by atoms with Crippen LogP contribution in [0.3, 0.4) is 0 Å². The first-order valence-electron chi connectivity index (χ1n) is 3.44. The summed E-state index contributed by atoms with van der Waals surface area (Å²) < 4.78 is 5.59. The molecule has 1 aromatic carbocycles. The first kappa shape index (κ1) is 9.55. The minimum absolute atomic E-state index is 0.250. The molecule has 0 unspecified atom stereocenters. The Morgan fingerprint density at radius 3 is 2.85 bits per heavy atom. The van der Waals surface area contributed by atoms with E-state index >= 15 is 0 Å². The maximum Gasteiger partial charge on any atom is 0.338 e. The van der Waals surface area contributed by atoms with Crippen molar-refractivity contribution in [2.24, 2.45) is 0 Å². The normalized spacial score (nSPS) is 14.2. The van der Waals surface area contributed by atoms with Gasteiger partial charge in [0.25, 0.3) is 0 Å². The Kier molecular flexibility index (Phi) is 2.42. The van der Waals surface area contributed by atoms with Gasteiger partial charge in [0, 0.05) is 5.56 Å². The Morgan fingerprint density at radius 1 is 1.46 bits per heavy atom. The summed E-state index contributed by atoms with van der Waals surface area (Å²) in [5.41, 5.74) is 1.22. The van der Waals surface area contributed by atoms with E-state index in [-0.39, 0.29) is 12.6 Å². The summed E-state index contributed by atoms with van der Waals surface area (Å²) in [5.74, 6) is -0.352. The zero-order valence-electron chi connectivity index (χ0n) is 6.23. The van der Waals surface area contributed by atoms with Crippen molar-refractivity contribution in [2.75, 3.05) is 0 Å². The molecule has 0 N–H and O–H groups in total. The zero-order valence-corrected chi connectivity index (χ0v) is 9.90. The number of carbonyl (C=O) groups is 1. The number of rotatable bonds is 0. The minimum Gasteiger partial charge on any atom is -0.457 e. The number of esters is 1. The molecule has 1 aliphatic rings. The smallest absolute Gasteiger partial charge is 0.338 e. The molecule has 68 valence electrons. The molecule has 13 heavy (non-hydrogen) atoms. The fraction of sp³-hybridized carbons (Fsp3) is 0.125. The second-order valence-electron chi connectivity index (χ2n) is 2.59. The Morgan fingerprint density at radius 2 is 2.15 bits per heavy atom. The molecule has 0 saturated heterocycles. The number of fused-ring (bicyclic) bond motifs is 1. The summed E-state index contributed by atoms with van der Waals surface area (Å²) >= 11 is 13.9. The minimum atomic E-state index is -0.352. The van der Waals surface area contributed by atoms with Crippen molar-refractivity contribution in [3.05, 3.63) is 30.8 Å². The molecular weight excluding hydrogens is 326 g/mol. The van der Waals surface area contributed by atoms with Crippen LogP contribution in [0.2, 0.25) is 10.0 Å². The van der Waals surface area contributed by atoms with E-state index in [1.165, 1.54) is 0 Å². The highest BCUT2D eigenvalue weighted by atomic mass is 127. The Hall–Kier alpha value is -0.0000000000000000555. The van der Waals surface area contributed by atoms with E-state index in [9.17, 15) is 4.79 Å². The molecule has 1 aliphatic heterocycles. The summed E-state index contributed by atoms with van der Waals surface area (Å²) in [5, 5.41) is 1.01. The third kappa shape index (κ3) is 1.43. The predicted octanol–water partition coefficient (Wildman–Crippen LogP) is 3.27. The van der Waals surface area contributed by atoms with Gasteiger partial charge in [-0.05, 0) is 28.7 Å². The lowest BCUT2D eigenvalue weighted by molar-refractivity contribution is 0.0535. The standard InChI is InChI=1S/C8H3Cl2IO2/c9-5-1-3-4(2-13-8(3)12)6(10)7(5)11/h1H,2H2. The first-order valence-corrected chi connectivity index (χ1v) is 5.28. The quantitative estimate of drug-likeness (QED) is 0.415. The van der Waals surface area contributed by atoms with Gasteiger partial charge in [-0.25, -0.2) is 4.79 Å². The monoisotopic (exact) mass is 328 g/mol. The summed E-state index contributed by atoms with van der Waals surface area (Å²) in [6.07, 6.45) is 0. The van der Waals surface area contributed by atoms with Crippen LogP contribution in [0.4, 0.5) is 0 Å². The Labute approximate surface area is 98.3 Å². The highest BCUT2D eigenvalue weighted by Crippen LogP contribution is 2.35. The van der Waals surface area contributed by atoms with Gasteiger partial charge in [0.05, 0.1) is 19.2 Å². The van der Waals surface area contributed by atoms with Crippen molar-refractivity contribution in [1.29, 1.82) is 0 Å². The fourth-order valence-electron chi connectivity index (χ4n) is 1.17. The summed E-state index contributed by atoms with van der Waals surface area (Å²) in [4.78, 5) is 11.1. The highest BCUT2D eigenvalue weighted by Gasteiger charge is 2.26. The number of hydrogen-bond acceptors (Lipinski definition) is 2. The van der Waals surface area contributed by atoms with Crippen LogP contribution < -0.4 is 0 Å². The molecular formula is C8H3Cl2IO2. The van der Waals surface area contributed by atoms with Gasteiger partial charge in [0.15, 0.2) is 0 Å². The number of cyclic esters (lactones) is 1. The van der Waals surface area contributed by atoms with Crippen molar-refractivity contribution in [1.82, 2.24) is 0 Å². The SMILES string of the molecule is O=C1OCc2c1cc(Cl)c(I)c2Cl. The first-order chi connectivity index (χ1) is 6.11. The van der Waals surface area contributed by atoms with Gasteiger partial charge in [0.1, 0.15) is 6.61 Å². The summed E-state index contributed by atoms with van der Waals surface area (Å²) in [6, 6.07) is 1.60. The van der Waals surface area contributed by atoms with Crippen LogP contribution >= 0.6 is 45.8 Å². The van der Waals surface area contributed by atoms with Crippen LogP contribution in [0.1, 0.15) is 15.9 Å². The van der Waals surface area contributed by atoms with Crippen LogP contribution in [0, 0.1) is 3.57 Å². The molecule has 0 amide bonds. The topological polar surface area (TPSA) is 26.3 Å². The average molecular weight is 329 g/mol. The van der Waals surface area contributed by atoms with Gasteiger partial charge in [-0.2, -0.15) is 0 Å². The van der Waals surface area contributed by atoms with Crippen LogP contribution in [-0.4, -0.2) is 5.97 Å². The summed E-state index contributed by atoms with van der Waals surface area (Å²) in [7, 11) is 0. The molecule has 0 aromatic heterocycles. The second-order valence-corrected chi connectivity index (χ2v) is 4.45. The van der Waals surface area contributed by atoms with Crippen LogP contribution in [0.5, 0.6) is 0 Å². The number of ether oxygens (including phenoxy) is 1. The molecule has 0 fully saturated rings. The van der Waals surface area contributed by atoms with Gasteiger partial charge in [-0.1, -0.05) is 23.2 Å². The lowest BCUT2D eigenvalue weighted by Crippen LogP contribution is -1.94. The fourth-order valence-corrected chi connectivity index (χ4v) is 2.16. The van der Waals surface area contributed by atoms with E-state index in [2.05, 4.69) is 0 Å². The molecule has 0 saturated carbocycles. The molecule has 5 heteroatoms. The van der Waals surface area contributed by atoms with Gasteiger partial charge < -0.3 is 4.74 Å².